The molecular weight excluding hydrogens is 226 g/mol. The van der Waals surface area contributed by atoms with Crippen LogP contribution in [0.15, 0.2) is 22.7 Å². The number of rotatable bonds is 1. The molecule has 1 N–H and O–H groups in total. The molecule has 1 atom stereocenters. The second kappa shape index (κ2) is 3.02. The van der Waals surface area contributed by atoms with E-state index in [0.717, 1.165) is 6.54 Å². The second-order valence-corrected chi connectivity index (χ2v) is 4.87. The van der Waals surface area contributed by atoms with Crippen LogP contribution in [0.3, 0.4) is 0 Å². The average molecular weight is 240 g/mol. The zero-order valence-corrected chi connectivity index (χ0v) is 9.61. The van der Waals surface area contributed by atoms with Crippen molar-refractivity contribution in [2.45, 2.75) is 25.7 Å². The summed E-state index contributed by atoms with van der Waals surface area (Å²) in [6, 6.07) is 6.48. The zero-order chi connectivity index (χ0) is 9.47. The molecule has 1 aromatic rings. The molecule has 0 bridgehead atoms. The van der Waals surface area contributed by atoms with Gasteiger partial charge in [0.25, 0.3) is 0 Å². The average Bonchev–Trinajstić information content (AvgIpc) is 2.45. The molecule has 0 spiro atoms. The molecule has 70 valence electrons. The molecule has 0 fully saturated rings. The summed E-state index contributed by atoms with van der Waals surface area (Å²) in [5.74, 6) is 0. The van der Waals surface area contributed by atoms with Gasteiger partial charge in [0.2, 0.25) is 0 Å². The van der Waals surface area contributed by atoms with E-state index in [2.05, 4.69) is 53.3 Å². The van der Waals surface area contributed by atoms with Crippen LogP contribution in [-0.2, 0) is 5.41 Å². The van der Waals surface area contributed by atoms with Gasteiger partial charge in [0.1, 0.15) is 0 Å². The molecule has 0 aromatic heterocycles. The molecule has 1 aliphatic heterocycles. The summed E-state index contributed by atoms with van der Waals surface area (Å²) >= 11 is 3.52. The van der Waals surface area contributed by atoms with Crippen molar-refractivity contribution in [1.29, 1.82) is 0 Å². The lowest BCUT2D eigenvalue weighted by atomic mass is 9.82. The third-order valence-corrected chi connectivity index (χ3v) is 3.57. The molecule has 0 saturated carbocycles. The summed E-state index contributed by atoms with van der Waals surface area (Å²) in [4.78, 5) is 0. The van der Waals surface area contributed by atoms with Crippen molar-refractivity contribution in [2.24, 2.45) is 0 Å². The molecule has 1 aromatic carbocycles. The number of hydrogen-bond acceptors (Lipinski definition) is 1. The maximum Gasteiger partial charge on any atom is 0.0380 e. The van der Waals surface area contributed by atoms with Crippen LogP contribution in [-0.4, -0.2) is 6.54 Å². The van der Waals surface area contributed by atoms with Crippen molar-refractivity contribution in [2.75, 3.05) is 11.9 Å². The van der Waals surface area contributed by atoms with E-state index < -0.39 is 0 Å². The van der Waals surface area contributed by atoms with Crippen molar-refractivity contribution in [1.82, 2.24) is 0 Å². The van der Waals surface area contributed by atoms with Crippen molar-refractivity contribution in [3.05, 3.63) is 28.2 Å². The first-order chi connectivity index (χ1) is 6.15. The molecule has 0 radical (unpaired) electrons. The van der Waals surface area contributed by atoms with E-state index >= 15 is 0 Å². The molecule has 0 unspecified atom stereocenters. The highest BCUT2D eigenvalue weighted by atomic mass is 79.9. The summed E-state index contributed by atoms with van der Waals surface area (Å²) in [5.41, 5.74) is 3.07. The van der Waals surface area contributed by atoms with E-state index in [1.807, 2.05) is 0 Å². The highest BCUT2D eigenvalue weighted by molar-refractivity contribution is 9.10. The van der Waals surface area contributed by atoms with E-state index in [1.165, 1.54) is 22.1 Å². The van der Waals surface area contributed by atoms with Gasteiger partial charge in [0, 0.05) is 22.1 Å². The number of halogens is 1. The quantitative estimate of drug-likeness (QED) is 0.791. The van der Waals surface area contributed by atoms with Gasteiger partial charge >= 0.3 is 0 Å². The predicted octanol–water partition coefficient (Wildman–Crippen LogP) is 3.54. The maximum absolute atomic E-state index is 3.52. The first kappa shape index (κ1) is 9.07. The van der Waals surface area contributed by atoms with Crippen LogP contribution in [0.25, 0.3) is 0 Å². The van der Waals surface area contributed by atoms with Gasteiger partial charge in [-0.15, -0.1) is 0 Å². The fourth-order valence-electron chi connectivity index (χ4n) is 1.87. The maximum atomic E-state index is 3.52. The third-order valence-electron chi connectivity index (χ3n) is 3.08. The number of anilines is 1. The number of fused-ring (bicyclic) bond motifs is 1. The summed E-state index contributed by atoms with van der Waals surface area (Å²) in [5, 5.41) is 3.45. The van der Waals surface area contributed by atoms with Crippen LogP contribution in [0.2, 0.25) is 0 Å². The number of nitrogens with one attached hydrogen (secondary N) is 1. The Morgan fingerprint density at radius 3 is 3.00 bits per heavy atom. The molecule has 1 nitrogen and oxygen atoms in total. The van der Waals surface area contributed by atoms with Crippen LogP contribution >= 0.6 is 15.9 Å². The Bertz CT molecular complexity index is 335. The Kier molecular flexibility index (Phi) is 2.11. The molecule has 13 heavy (non-hydrogen) atoms. The van der Waals surface area contributed by atoms with Crippen LogP contribution < -0.4 is 5.32 Å². The van der Waals surface area contributed by atoms with E-state index in [1.54, 1.807) is 0 Å². The van der Waals surface area contributed by atoms with Gasteiger partial charge in [0.15, 0.2) is 0 Å². The van der Waals surface area contributed by atoms with Gasteiger partial charge in [-0.1, -0.05) is 29.8 Å². The summed E-state index contributed by atoms with van der Waals surface area (Å²) in [6.07, 6.45) is 1.18. The monoisotopic (exact) mass is 239 g/mol. The Hall–Kier alpha value is -0.500. The Labute approximate surface area is 87.7 Å². The van der Waals surface area contributed by atoms with E-state index in [0.29, 0.717) is 5.41 Å². The fourth-order valence-corrected chi connectivity index (χ4v) is 2.23. The van der Waals surface area contributed by atoms with Crippen LogP contribution in [0.1, 0.15) is 25.8 Å². The predicted molar refractivity (Wildman–Crippen MR) is 60.3 cm³/mol. The zero-order valence-electron chi connectivity index (χ0n) is 8.02. The van der Waals surface area contributed by atoms with Crippen LogP contribution in [0.4, 0.5) is 5.69 Å². The first-order valence-electron chi connectivity index (χ1n) is 4.69. The molecular formula is C11H14BrN. The smallest absolute Gasteiger partial charge is 0.0380 e. The summed E-state index contributed by atoms with van der Waals surface area (Å²) in [7, 11) is 0. The molecule has 1 aliphatic rings. The topological polar surface area (TPSA) is 12.0 Å². The van der Waals surface area contributed by atoms with Gasteiger partial charge in [-0.05, 0) is 30.2 Å². The Morgan fingerprint density at radius 2 is 2.31 bits per heavy atom. The van der Waals surface area contributed by atoms with Crippen LogP contribution in [0, 0.1) is 0 Å². The molecule has 0 amide bonds. The van der Waals surface area contributed by atoms with Gasteiger partial charge < -0.3 is 5.32 Å². The lowest BCUT2D eigenvalue weighted by molar-refractivity contribution is 0.504. The van der Waals surface area contributed by atoms with Crippen molar-refractivity contribution >= 4 is 21.6 Å². The largest absolute Gasteiger partial charge is 0.384 e. The third kappa shape index (κ3) is 1.37. The second-order valence-electron chi connectivity index (χ2n) is 3.96. The van der Waals surface area contributed by atoms with Crippen molar-refractivity contribution < 1.29 is 0 Å². The standard InChI is InChI=1S/C11H14BrN/c1-3-11(2)7-13-10-5-4-8(12)6-9(10)11/h4-6,13H,3,7H2,1-2H3/t11-/m0/s1. The minimum atomic E-state index is 0.319. The fraction of sp³-hybridized carbons (Fsp3) is 0.455. The Balaban J connectivity index is 2.52. The highest BCUT2D eigenvalue weighted by Crippen LogP contribution is 2.39. The van der Waals surface area contributed by atoms with Crippen molar-refractivity contribution in [3.8, 4) is 0 Å². The number of benzene rings is 1. The van der Waals surface area contributed by atoms with Gasteiger partial charge in [-0.2, -0.15) is 0 Å². The van der Waals surface area contributed by atoms with Gasteiger partial charge in [-0.25, -0.2) is 0 Å². The molecule has 0 saturated heterocycles. The first-order valence-corrected chi connectivity index (χ1v) is 5.49. The highest BCUT2D eigenvalue weighted by Gasteiger charge is 2.32. The lowest BCUT2D eigenvalue weighted by Crippen LogP contribution is -2.22. The molecule has 2 heteroatoms. The minimum absolute atomic E-state index is 0.319. The molecule has 0 aliphatic carbocycles. The van der Waals surface area contributed by atoms with E-state index in [4.69, 9.17) is 0 Å². The summed E-state index contributed by atoms with van der Waals surface area (Å²) < 4.78 is 1.18. The van der Waals surface area contributed by atoms with Crippen LogP contribution in [0.5, 0.6) is 0 Å². The van der Waals surface area contributed by atoms with E-state index in [9.17, 15) is 0 Å². The van der Waals surface area contributed by atoms with Crippen molar-refractivity contribution in [3.63, 3.8) is 0 Å². The number of hydrogen-bond donors (Lipinski definition) is 1. The van der Waals surface area contributed by atoms with Gasteiger partial charge in [0.05, 0.1) is 0 Å². The molecule has 2 rings (SSSR count). The minimum Gasteiger partial charge on any atom is -0.384 e. The normalized spacial score (nSPS) is 25.5. The SMILES string of the molecule is CC[C@@]1(C)CNc2ccc(Br)cc21. The van der Waals surface area contributed by atoms with E-state index in [-0.39, 0.29) is 0 Å². The summed E-state index contributed by atoms with van der Waals surface area (Å²) in [6.45, 7) is 5.63. The lowest BCUT2D eigenvalue weighted by Gasteiger charge is -2.21. The molecule has 1 heterocycles. The Morgan fingerprint density at radius 1 is 1.54 bits per heavy atom. The van der Waals surface area contributed by atoms with Gasteiger partial charge in [-0.3, -0.25) is 0 Å².